The van der Waals surface area contributed by atoms with Gasteiger partial charge in [-0.2, -0.15) is 0 Å². The number of carbonyl (C=O) groups is 2. The van der Waals surface area contributed by atoms with Gasteiger partial charge in [0.2, 0.25) is 0 Å². The van der Waals surface area contributed by atoms with Gasteiger partial charge in [0, 0.05) is 5.39 Å². The number of carbonyl (C=O) groups excluding carboxylic acids is 2. The lowest BCUT2D eigenvalue weighted by atomic mass is 10.1. The van der Waals surface area contributed by atoms with Crippen molar-refractivity contribution in [2.75, 3.05) is 11.4 Å². The van der Waals surface area contributed by atoms with Gasteiger partial charge in [0.05, 0.1) is 29.5 Å². The summed E-state index contributed by atoms with van der Waals surface area (Å²) in [5.41, 5.74) is 1.84. The van der Waals surface area contributed by atoms with E-state index in [0.717, 1.165) is 29.3 Å². The number of para-hydroxylation sites is 1. The van der Waals surface area contributed by atoms with Crippen LogP contribution in [0.3, 0.4) is 0 Å². The highest BCUT2D eigenvalue weighted by molar-refractivity contribution is 6.03. The summed E-state index contributed by atoms with van der Waals surface area (Å²) in [6.45, 7) is 8.15. The second kappa shape index (κ2) is 5.41. The van der Waals surface area contributed by atoms with E-state index in [9.17, 15) is 9.59 Å². The highest BCUT2D eigenvalue weighted by atomic mass is 16.6. The second-order valence-electron chi connectivity index (χ2n) is 6.93. The molecule has 0 saturated carbocycles. The molecule has 0 spiro atoms. The van der Waals surface area contributed by atoms with Crippen LogP contribution in [0.5, 0.6) is 0 Å². The number of nitrogens with zero attached hydrogens (tertiary/aromatic N) is 2. The second-order valence-corrected chi connectivity index (χ2v) is 6.93. The minimum atomic E-state index is -0.542. The molecule has 23 heavy (non-hydrogen) atoms. The Morgan fingerprint density at radius 1 is 1.39 bits per heavy atom. The van der Waals surface area contributed by atoms with Crippen molar-refractivity contribution in [1.29, 1.82) is 0 Å². The zero-order valence-electron chi connectivity index (χ0n) is 14.0. The molecule has 0 bridgehead atoms. The third kappa shape index (κ3) is 2.60. The molecule has 1 aromatic heterocycles. The number of benzene rings is 1. The van der Waals surface area contributed by atoms with E-state index >= 15 is 0 Å². The van der Waals surface area contributed by atoms with Crippen molar-refractivity contribution in [2.24, 2.45) is 0 Å². The molecule has 5 nitrogen and oxygen atoms in total. The lowest BCUT2D eigenvalue weighted by molar-refractivity contribution is 0.0573. The Hall–Kier alpha value is -2.30. The molecule has 2 heterocycles. The number of ether oxygens (including phenoxy) is 1. The largest absolute Gasteiger partial charge is 0.443 e. The number of anilines is 1. The fourth-order valence-corrected chi connectivity index (χ4v) is 3.18. The van der Waals surface area contributed by atoms with Crippen LogP contribution in [0.2, 0.25) is 0 Å². The molecule has 0 N–H and O–H groups in total. The molecule has 1 amide bonds. The van der Waals surface area contributed by atoms with Gasteiger partial charge in [-0.3, -0.25) is 9.69 Å². The Balaban J connectivity index is 2.15. The summed E-state index contributed by atoms with van der Waals surface area (Å²) in [6.07, 6.45) is 1.37. The van der Waals surface area contributed by atoms with Crippen LogP contribution in [-0.4, -0.2) is 29.1 Å². The topological polar surface area (TPSA) is 51.5 Å². The highest BCUT2D eigenvalue weighted by Gasteiger charge is 2.33. The van der Waals surface area contributed by atoms with Crippen molar-refractivity contribution in [1.82, 2.24) is 4.57 Å². The summed E-state index contributed by atoms with van der Waals surface area (Å²) in [6, 6.07) is 7.72. The Morgan fingerprint density at radius 3 is 2.74 bits per heavy atom. The van der Waals surface area contributed by atoms with Crippen LogP contribution in [0.1, 0.15) is 50.6 Å². The average molecular weight is 314 g/mol. The van der Waals surface area contributed by atoms with Crippen molar-refractivity contribution in [2.45, 2.75) is 45.8 Å². The molecule has 0 fully saturated rings. The molecule has 1 unspecified atom stereocenters. The summed E-state index contributed by atoms with van der Waals surface area (Å²) in [4.78, 5) is 25.7. The van der Waals surface area contributed by atoms with Crippen molar-refractivity contribution >= 4 is 29.0 Å². The molecule has 0 aliphatic carbocycles. The van der Waals surface area contributed by atoms with Crippen LogP contribution >= 0.6 is 0 Å². The van der Waals surface area contributed by atoms with Gasteiger partial charge in [-0.05, 0) is 39.3 Å². The molecule has 1 aliphatic heterocycles. The van der Waals surface area contributed by atoms with Crippen LogP contribution in [0.4, 0.5) is 10.5 Å². The van der Waals surface area contributed by atoms with Gasteiger partial charge >= 0.3 is 6.09 Å². The Bertz CT molecular complexity index is 770. The molecular formula is C18H22N2O3. The van der Waals surface area contributed by atoms with E-state index in [2.05, 4.69) is 11.5 Å². The summed E-state index contributed by atoms with van der Waals surface area (Å²) < 4.78 is 7.61. The van der Waals surface area contributed by atoms with Crippen LogP contribution in [0.25, 0.3) is 10.9 Å². The number of rotatable bonds is 2. The van der Waals surface area contributed by atoms with Crippen molar-refractivity contribution in [3.05, 3.63) is 30.0 Å². The fourth-order valence-electron chi connectivity index (χ4n) is 3.18. The van der Waals surface area contributed by atoms with E-state index in [4.69, 9.17) is 4.74 Å². The van der Waals surface area contributed by atoms with Gasteiger partial charge in [-0.1, -0.05) is 19.1 Å². The van der Waals surface area contributed by atoms with E-state index in [1.807, 2.05) is 45.0 Å². The van der Waals surface area contributed by atoms with Gasteiger partial charge in [0.25, 0.3) is 0 Å². The maximum absolute atomic E-state index is 12.6. The third-order valence-corrected chi connectivity index (χ3v) is 4.12. The molecule has 1 aromatic carbocycles. The van der Waals surface area contributed by atoms with Crippen molar-refractivity contribution < 1.29 is 14.3 Å². The van der Waals surface area contributed by atoms with E-state index in [1.54, 1.807) is 4.90 Å². The van der Waals surface area contributed by atoms with E-state index < -0.39 is 5.60 Å². The molecule has 3 rings (SSSR count). The fraction of sp³-hybridized carbons (Fsp3) is 0.444. The molecule has 1 atom stereocenters. The molecule has 1 aliphatic rings. The molecule has 2 aromatic rings. The van der Waals surface area contributed by atoms with E-state index in [-0.39, 0.29) is 12.1 Å². The van der Waals surface area contributed by atoms with E-state index in [0.29, 0.717) is 12.2 Å². The monoisotopic (exact) mass is 314 g/mol. The summed E-state index contributed by atoms with van der Waals surface area (Å²) in [5.74, 6) is 0. The molecule has 0 radical (unpaired) electrons. The van der Waals surface area contributed by atoms with Crippen LogP contribution in [0.15, 0.2) is 24.3 Å². The molecule has 122 valence electrons. The first-order valence-corrected chi connectivity index (χ1v) is 7.95. The van der Waals surface area contributed by atoms with Gasteiger partial charge in [-0.15, -0.1) is 0 Å². The predicted octanol–water partition coefficient (Wildman–Crippen LogP) is 4.16. The first-order chi connectivity index (χ1) is 10.9. The average Bonchev–Trinajstić information content (AvgIpc) is 2.86. The van der Waals surface area contributed by atoms with Crippen LogP contribution < -0.4 is 4.90 Å². The minimum Gasteiger partial charge on any atom is -0.443 e. The SMILES string of the molecule is CCC1CN(C(=O)OC(C)(C)C)c2cccc3cc(C=O)n1c23. The quantitative estimate of drug-likeness (QED) is 0.782. The Kier molecular flexibility index (Phi) is 3.66. The minimum absolute atomic E-state index is 0.0649. The lowest BCUT2D eigenvalue weighted by Crippen LogP contribution is -2.42. The zero-order chi connectivity index (χ0) is 16.8. The molecular weight excluding hydrogens is 292 g/mol. The number of amides is 1. The van der Waals surface area contributed by atoms with E-state index in [1.165, 1.54) is 0 Å². The predicted molar refractivity (Wildman–Crippen MR) is 90.2 cm³/mol. The van der Waals surface area contributed by atoms with Gasteiger partial charge in [0.15, 0.2) is 6.29 Å². The first kappa shape index (κ1) is 15.6. The maximum atomic E-state index is 12.6. The summed E-state index contributed by atoms with van der Waals surface area (Å²) in [5, 5.41) is 0.969. The van der Waals surface area contributed by atoms with Crippen molar-refractivity contribution in [3.8, 4) is 0 Å². The summed E-state index contributed by atoms with van der Waals surface area (Å²) >= 11 is 0. The number of aldehydes is 1. The number of hydrogen-bond acceptors (Lipinski definition) is 3. The number of aromatic nitrogens is 1. The van der Waals surface area contributed by atoms with Crippen LogP contribution in [-0.2, 0) is 4.74 Å². The highest BCUT2D eigenvalue weighted by Crippen LogP contribution is 2.38. The van der Waals surface area contributed by atoms with Crippen molar-refractivity contribution in [3.63, 3.8) is 0 Å². The molecule has 5 heteroatoms. The number of hydrogen-bond donors (Lipinski definition) is 0. The Morgan fingerprint density at radius 2 is 2.13 bits per heavy atom. The first-order valence-electron chi connectivity index (χ1n) is 7.95. The summed E-state index contributed by atoms with van der Waals surface area (Å²) in [7, 11) is 0. The van der Waals surface area contributed by atoms with Crippen LogP contribution in [0, 0.1) is 0 Å². The maximum Gasteiger partial charge on any atom is 0.414 e. The molecule has 0 saturated heterocycles. The lowest BCUT2D eigenvalue weighted by Gasteiger charge is -2.35. The van der Waals surface area contributed by atoms with Gasteiger partial charge in [-0.25, -0.2) is 4.79 Å². The standard InChI is InChI=1S/C18H22N2O3/c1-5-13-10-19(17(22)23-18(2,3)4)15-8-6-7-12-9-14(11-21)20(13)16(12)15/h6-9,11,13H,5,10H2,1-4H3. The zero-order valence-corrected chi connectivity index (χ0v) is 14.0. The smallest absolute Gasteiger partial charge is 0.414 e. The Labute approximate surface area is 135 Å². The van der Waals surface area contributed by atoms with Gasteiger partial charge in [0.1, 0.15) is 5.60 Å². The van der Waals surface area contributed by atoms with Gasteiger partial charge < -0.3 is 9.30 Å². The third-order valence-electron chi connectivity index (χ3n) is 4.12. The normalized spacial score (nSPS) is 17.4.